The van der Waals surface area contributed by atoms with Gasteiger partial charge in [0.25, 0.3) is 0 Å². The fourth-order valence-corrected chi connectivity index (χ4v) is 3.55. The fourth-order valence-electron chi connectivity index (χ4n) is 2.36. The van der Waals surface area contributed by atoms with Crippen molar-refractivity contribution in [2.75, 3.05) is 11.1 Å². The van der Waals surface area contributed by atoms with E-state index in [-0.39, 0.29) is 11.7 Å². The van der Waals surface area contributed by atoms with Gasteiger partial charge in [0.15, 0.2) is 11.0 Å². The molecule has 3 rings (SSSR count). The van der Waals surface area contributed by atoms with Crippen LogP contribution in [0, 0.1) is 13.8 Å². The standard InChI is InChI=1S/C18H17Cl2N5OS/c1-11-14(19)8-15(20)17(21-11)22-16(26)10-27-18-24-23-12(2)25(18)9-13-6-4-3-5-7-13/h3-8H,9-10H2,1-2H3,(H,21,22,26). The van der Waals surface area contributed by atoms with Crippen LogP contribution in [0.1, 0.15) is 17.1 Å². The predicted octanol–water partition coefficient (Wildman–Crippen LogP) is 4.38. The van der Waals surface area contributed by atoms with Crippen molar-refractivity contribution in [3.8, 4) is 0 Å². The summed E-state index contributed by atoms with van der Waals surface area (Å²) in [4.78, 5) is 16.5. The van der Waals surface area contributed by atoms with Crippen LogP contribution in [0.4, 0.5) is 5.82 Å². The monoisotopic (exact) mass is 421 g/mol. The second-order valence-corrected chi connectivity index (χ2v) is 7.58. The minimum absolute atomic E-state index is 0.159. The van der Waals surface area contributed by atoms with Crippen LogP contribution in [-0.4, -0.2) is 31.4 Å². The Morgan fingerprint density at radius 1 is 1.15 bits per heavy atom. The van der Waals surface area contributed by atoms with E-state index >= 15 is 0 Å². The van der Waals surface area contributed by atoms with Crippen LogP contribution >= 0.6 is 35.0 Å². The molecule has 3 aromatic rings. The van der Waals surface area contributed by atoms with E-state index < -0.39 is 0 Å². The predicted molar refractivity (Wildman–Crippen MR) is 109 cm³/mol. The Hall–Kier alpha value is -2.09. The number of rotatable bonds is 6. The molecule has 27 heavy (non-hydrogen) atoms. The lowest BCUT2D eigenvalue weighted by Crippen LogP contribution is -2.16. The number of aryl methyl sites for hydroxylation is 2. The van der Waals surface area contributed by atoms with Crippen LogP contribution in [0.5, 0.6) is 0 Å². The number of anilines is 1. The number of aromatic nitrogens is 4. The third-order valence-corrected chi connectivity index (χ3v) is 5.42. The minimum atomic E-state index is -0.233. The first kappa shape index (κ1) is 19.7. The maximum Gasteiger partial charge on any atom is 0.236 e. The first-order chi connectivity index (χ1) is 12.9. The van der Waals surface area contributed by atoms with Gasteiger partial charge in [0.1, 0.15) is 5.82 Å². The van der Waals surface area contributed by atoms with Crippen LogP contribution in [0.2, 0.25) is 10.0 Å². The number of pyridine rings is 1. The van der Waals surface area contributed by atoms with Gasteiger partial charge >= 0.3 is 0 Å². The second-order valence-electron chi connectivity index (χ2n) is 5.82. The summed E-state index contributed by atoms with van der Waals surface area (Å²) in [6.07, 6.45) is 0. The molecule has 1 aromatic carbocycles. The van der Waals surface area contributed by atoms with E-state index in [9.17, 15) is 4.79 Å². The molecule has 0 aliphatic carbocycles. The highest BCUT2D eigenvalue weighted by atomic mass is 35.5. The first-order valence-electron chi connectivity index (χ1n) is 8.13. The molecule has 1 N–H and O–H groups in total. The van der Waals surface area contributed by atoms with Gasteiger partial charge < -0.3 is 9.88 Å². The Kier molecular flexibility index (Phi) is 6.36. The maximum atomic E-state index is 12.3. The van der Waals surface area contributed by atoms with Gasteiger partial charge in [0, 0.05) is 0 Å². The molecule has 0 saturated carbocycles. The normalized spacial score (nSPS) is 10.8. The molecule has 0 spiro atoms. The topological polar surface area (TPSA) is 72.7 Å². The molecular weight excluding hydrogens is 405 g/mol. The summed E-state index contributed by atoms with van der Waals surface area (Å²) in [7, 11) is 0. The Labute approximate surface area is 171 Å². The van der Waals surface area contributed by atoms with E-state index in [2.05, 4.69) is 20.5 Å². The minimum Gasteiger partial charge on any atom is -0.309 e. The number of halogens is 2. The van der Waals surface area contributed by atoms with E-state index in [1.807, 2.05) is 41.8 Å². The lowest BCUT2D eigenvalue weighted by molar-refractivity contribution is -0.113. The number of nitrogens with one attached hydrogen (secondary N) is 1. The average Bonchev–Trinajstić information content (AvgIpc) is 2.99. The van der Waals surface area contributed by atoms with E-state index in [1.165, 1.54) is 11.8 Å². The van der Waals surface area contributed by atoms with Gasteiger partial charge in [0.05, 0.1) is 28.0 Å². The van der Waals surface area contributed by atoms with E-state index in [1.54, 1.807) is 13.0 Å². The van der Waals surface area contributed by atoms with Crippen molar-refractivity contribution >= 4 is 46.7 Å². The lowest BCUT2D eigenvalue weighted by Gasteiger charge is -2.10. The van der Waals surface area contributed by atoms with Crippen molar-refractivity contribution in [1.29, 1.82) is 0 Å². The van der Waals surface area contributed by atoms with Crippen molar-refractivity contribution in [2.24, 2.45) is 0 Å². The van der Waals surface area contributed by atoms with Crippen molar-refractivity contribution in [3.05, 3.63) is 63.5 Å². The molecular formula is C18H17Cl2N5OS. The summed E-state index contributed by atoms with van der Waals surface area (Å²) >= 11 is 13.4. The van der Waals surface area contributed by atoms with Crippen LogP contribution in [0.25, 0.3) is 0 Å². The largest absolute Gasteiger partial charge is 0.309 e. The van der Waals surface area contributed by atoms with Gasteiger partial charge in [-0.25, -0.2) is 4.98 Å². The van der Waals surface area contributed by atoms with Gasteiger partial charge in [-0.3, -0.25) is 4.79 Å². The van der Waals surface area contributed by atoms with Crippen molar-refractivity contribution in [3.63, 3.8) is 0 Å². The summed E-state index contributed by atoms with van der Waals surface area (Å²) in [5, 5.41) is 12.4. The average molecular weight is 422 g/mol. The fraction of sp³-hybridized carbons (Fsp3) is 0.222. The molecule has 0 saturated heterocycles. The summed E-state index contributed by atoms with van der Waals surface area (Å²) in [6, 6.07) is 11.6. The Balaban J connectivity index is 1.65. The molecule has 2 aromatic heterocycles. The van der Waals surface area contributed by atoms with Crippen LogP contribution in [0.3, 0.4) is 0 Å². The van der Waals surface area contributed by atoms with Gasteiger partial charge in [-0.1, -0.05) is 65.3 Å². The molecule has 1 amide bonds. The number of hydrogen-bond acceptors (Lipinski definition) is 5. The molecule has 0 atom stereocenters. The number of carbonyl (C=O) groups is 1. The number of amides is 1. The smallest absolute Gasteiger partial charge is 0.236 e. The third-order valence-electron chi connectivity index (χ3n) is 3.78. The van der Waals surface area contributed by atoms with E-state index in [0.717, 1.165) is 11.4 Å². The molecule has 0 bridgehead atoms. The Morgan fingerprint density at radius 3 is 2.63 bits per heavy atom. The quantitative estimate of drug-likeness (QED) is 0.597. The number of nitrogens with zero attached hydrogens (tertiary/aromatic N) is 4. The zero-order chi connectivity index (χ0) is 19.4. The SMILES string of the molecule is Cc1nc(NC(=O)CSc2nnc(C)n2Cc2ccccc2)c(Cl)cc1Cl. The molecule has 2 heterocycles. The number of carbonyl (C=O) groups excluding carboxylic acids is 1. The van der Waals surface area contributed by atoms with Crippen LogP contribution in [-0.2, 0) is 11.3 Å². The highest BCUT2D eigenvalue weighted by Gasteiger charge is 2.14. The number of benzene rings is 1. The van der Waals surface area contributed by atoms with Gasteiger partial charge in [0.2, 0.25) is 5.91 Å². The maximum absolute atomic E-state index is 12.3. The van der Waals surface area contributed by atoms with Crippen molar-refractivity contribution < 1.29 is 4.79 Å². The van der Waals surface area contributed by atoms with E-state index in [4.69, 9.17) is 23.2 Å². The second kappa shape index (κ2) is 8.73. The first-order valence-corrected chi connectivity index (χ1v) is 9.87. The lowest BCUT2D eigenvalue weighted by atomic mass is 10.2. The summed E-state index contributed by atoms with van der Waals surface area (Å²) in [6.45, 7) is 4.28. The molecule has 0 unspecified atom stereocenters. The molecule has 0 fully saturated rings. The molecule has 9 heteroatoms. The summed E-state index contributed by atoms with van der Waals surface area (Å²) in [5.41, 5.74) is 1.74. The van der Waals surface area contributed by atoms with Crippen molar-refractivity contribution in [1.82, 2.24) is 19.7 Å². The Bertz CT molecular complexity index is 962. The third kappa shape index (κ3) is 5.00. The highest BCUT2D eigenvalue weighted by molar-refractivity contribution is 7.99. The van der Waals surface area contributed by atoms with E-state index in [0.29, 0.717) is 33.3 Å². The molecule has 6 nitrogen and oxygen atoms in total. The molecule has 0 aliphatic rings. The van der Waals surface area contributed by atoms with Gasteiger partial charge in [-0.05, 0) is 25.5 Å². The summed E-state index contributed by atoms with van der Waals surface area (Å²) in [5.74, 6) is 1.01. The highest BCUT2D eigenvalue weighted by Crippen LogP contribution is 2.26. The van der Waals surface area contributed by atoms with Gasteiger partial charge in [-0.2, -0.15) is 0 Å². The molecule has 0 radical (unpaired) electrons. The number of hydrogen-bond donors (Lipinski definition) is 1. The number of thioether (sulfide) groups is 1. The van der Waals surface area contributed by atoms with Gasteiger partial charge in [-0.15, -0.1) is 10.2 Å². The Morgan fingerprint density at radius 2 is 1.89 bits per heavy atom. The summed E-state index contributed by atoms with van der Waals surface area (Å²) < 4.78 is 1.98. The zero-order valence-electron chi connectivity index (χ0n) is 14.7. The molecule has 140 valence electrons. The van der Waals surface area contributed by atoms with Crippen LogP contribution in [0.15, 0.2) is 41.6 Å². The van der Waals surface area contributed by atoms with Crippen molar-refractivity contribution in [2.45, 2.75) is 25.5 Å². The molecule has 0 aliphatic heterocycles. The zero-order valence-corrected chi connectivity index (χ0v) is 17.1. The van der Waals surface area contributed by atoms with Crippen LogP contribution < -0.4 is 5.32 Å².